The van der Waals surface area contributed by atoms with Crippen molar-refractivity contribution in [2.45, 2.75) is 26.7 Å². The molecular formula is C13H18N2O4. The Balaban J connectivity index is 2.67. The zero-order valence-electron chi connectivity index (χ0n) is 11.3. The van der Waals surface area contributed by atoms with Crippen molar-refractivity contribution in [1.29, 1.82) is 0 Å². The third-order valence-corrected chi connectivity index (χ3v) is 2.51. The Morgan fingerprint density at radius 1 is 1.42 bits per heavy atom. The molecule has 0 bridgehead atoms. The molecule has 0 radical (unpaired) electrons. The van der Waals surface area contributed by atoms with E-state index >= 15 is 0 Å². The van der Waals surface area contributed by atoms with E-state index in [1.54, 1.807) is 32.2 Å². The van der Waals surface area contributed by atoms with Crippen molar-refractivity contribution in [2.75, 3.05) is 12.4 Å². The van der Waals surface area contributed by atoms with Crippen LogP contribution < -0.4 is 10.1 Å². The van der Waals surface area contributed by atoms with Crippen molar-refractivity contribution in [1.82, 2.24) is 4.98 Å². The molecule has 1 amide bonds. The van der Waals surface area contributed by atoms with Crippen LogP contribution in [0.3, 0.4) is 0 Å². The number of aromatic nitrogens is 1. The fourth-order valence-corrected chi connectivity index (χ4v) is 1.75. The van der Waals surface area contributed by atoms with Crippen LogP contribution in [0.15, 0.2) is 18.3 Å². The summed E-state index contributed by atoms with van der Waals surface area (Å²) in [4.78, 5) is 26.5. The highest BCUT2D eigenvalue weighted by Crippen LogP contribution is 2.27. The van der Waals surface area contributed by atoms with E-state index in [9.17, 15) is 9.59 Å². The molecule has 1 aromatic rings. The number of nitrogens with zero attached hydrogens (tertiary/aromatic N) is 1. The minimum atomic E-state index is -0.920. The molecule has 6 heteroatoms. The maximum Gasteiger partial charge on any atom is 0.303 e. The van der Waals surface area contributed by atoms with Crippen LogP contribution in [0.1, 0.15) is 26.7 Å². The minimum absolute atomic E-state index is 0.0649. The number of anilines is 1. The van der Waals surface area contributed by atoms with Gasteiger partial charge < -0.3 is 15.2 Å². The fraction of sp³-hybridized carbons (Fsp3) is 0.462. The van der Waals surface area contributed by atoms with Crippen LogP contribution in [0.25, 0.3) is 0 Å². The molecule has 0 aliphatic heterocycles. The second-order valence-electron chi connectivity index (χ2n) is 5.02. The van der Waals surface area contributed by atoms with E-state index in [1.807, 2.05) is 0 Å². The van der Waals surface area contributed by atoms with E-state index in [4.69, 9.17) is 9.84 Å². The van der Waals surface area contributed by atoms with Crippen molar-refractivity contribution in [2.24, 2.45) is 5.41 Å². The van der Waals surface area contributed by atoms with Gasteiger partial charge in [-0.25, -0.2) is 4.98 Å². The highest BCUT2D eigenvalue weighted by Gasteiger charge is 2.25. The molecule has 1 aromatic heterocycles. The summed E-state index contributed by atoms with van der Waals surface area (Å²) in [6.45, 7) is 3.47. The molecule has 0 saturated carbocycles. The Kier molecular flexibility index (Phi) is 4.86. The standard InChI is InChI=1S/C13H18N2O4/c1-13(2,8-11(17)18)7-10(16)15-9-5-4-6-14-12(9)19-3/h4-6H,7-8H2,1-3H3,(H,15,16)(H,17,18). The number of aliphatic carboxylic acids is 1. The van der Waals surface area contributed by atoms with E-state index < -0.39 is 11.4 Å². The van der Waals surface area contributed by atoms with Crippen molar-refractivity contribution in [3.63, 3.8) is 0 Å². The van der Waals surface area contributed by atoms with E-state index in [2.05, 4.69) is 10.3 Å². The van der Waals surface area contributed by atoms with Crippen LogP contribution >= 0.6 is 0 Å². The lowest BCUT2D eigenvalue weighted by molar-refractivity contribution is -0.139. The van der Waals surface area contributed by atoms with Crippen molar-refractivity contribution >= 4 is 17.6 Å². The molecule has 6 nitrogen and oxygen atoms in total. The van der Waals surface area contributed by atoms with Crippen molar-refractivity contribution in [3.8, 4) is 5.88 Å². The average Bonchev–Trinajstić information content (AvgIpc) is 2.26. The van der Waals surface area contributed by atoms with Gasteiger partial charge in [0.25, 0.3) is 0 Å². The Labute approximate surface area is 111 Å². The summed E-state index contributed by atoms with van der Waals surface area (Å²) in [7, 11) is 1.46. The smallest absolute Gasteiger partial charge is 0.303 e. The summed E-state index contributed by atoms with van der Waals surface area (Å²) >= 11 is 0. The Bertz CT molecular complexity index is 471. The second kappa shape index (κ2) is 6.17. The number of amides is 1. The highest BCUT2D eigenvalue weighted by molar-refractivity contribution is 5.92. The molecule has 19 heavy (non-hydrogen) atoms. The summed E-state index contributed by atoms with van der Waals surface area (Å²) in [5, 5.41) is 11.4. The lowest BCUT2D eigenvalue weighted by Crippen LogP contribution is -2.25. The number of rotatable bonds is 6. The Hall–Kier alpha value is -2.11. The molecule has 1 heterocycles. The van der Waals surface area contributed by atoms with Gasteiger partial charge in [0, 0.05) is 12.6 Å². The molecule has 0 spiro atoms. The zero-order chi connectivity index (χ0) is 14.5. The van der Waals surface area contributed by atoms with Gasteiger partial charge >= 0.3 is 5.97 Å². The molecular weight excluding hydrogens is 248 g/mol. The summed E-state index contributed by atoms with van der Waals surface area (Å²) in [6.07, 6.45) is 1.60. The number of nitrogens with one attached hydrogen (secondary N) is 1. The summed E-state index contributed by atoms with van der Waals surface area (Å²) < 4.78 is 5.02. The largest absolute Gasteiger partial charge is 0.481 e. The van der Waals surface area contributed by atoms with Crippen LogP contribution in [0.2, 0.25) is 0 Å². The first-order valence-electron chi connectivity index (χ1n) is 5.85. The average molecular weight is 266 g/mol. The number of methoxy groups -OCH3 is 1. The molecule has 2 N–H and O–H groups in total. The number of pyridine rings is 1. The molecule has 0 fully saturated rings. The third kappa shape index (κ3) is 4.95. The molecule has 0 aromatic carbocycles. The molecule has 1 rings (SSSR count). The van der Waals surface area contributed by atoms with Crippen molar-refractivity contribution in [3.05, 3.63) is 18.3 Å². The van der Waals surface area contributed by atoms with Crippen molar-refractivity contribution < 1.29 is 19.4 Å². The number of carbonyl (C=O) groups excluding carboxylic acids is 1. The van der Waals surface area contributed by atoms with Crippen LogP contribution in [-0.4, -0.2) is 29.1 Å². The monoisotopic (exact) mass is 266 g/mol. The number of hydrogen-bond acceptors (Lipinski definition) is 4. The molecule has 0 aliphatic carbocycles. The third-order valence-electron chi connectivity index (χ3n) is 2.51. The zero-order valence-corrected chi connectivity index (χ0v) is 11.3. The molecule has 104 valence electrons. The highest BCUT2D eigenvalue weighted by atomic mass is 16.5. The number of ether oxygens (including phenoxy) is 1. The first-order chi connectivity index (χ1) is 8.84. The molecule has 0 saturated heterocycles. The lowest BCUT2D eigenvalue weighted by Gasteiger charge is -2.21. The normalized spacial score (nSPS) is 10.9. The van der Waals surface area contributed by atoms with Crippen LogP contribution in [0, 0.1) is 5.41 Å². The quantitative estimate of drug-likeness (QED) is 0.821. The van der Waals surface area contributed by atoms with E-state index in [0.29, 0.717) is 11.6 Å². The number of carbonyl (C=O) groups is 2. The van der Waals surface area contributed by atoms with E-state index in [-0.39, 0.29) is 18.7 Å². The van der Waals surface area contributed by atoms with Crippen LogP contribution in [0.4, 0.5) is 5.69 Å². The predicted octanol–water partition coefficient (Wildman–Crippen LogP) is 1.92. The van der Waals surface area contributed by atoms with Crippen LogP contribution in [-0.2, 0) is 9.59 Å². The Morgan fingerprint density at radius 2 is 2.11 bits per heavy atom. The van der Waals surface area contributed by atoms with E-state index in [1.165, 1.54) is 7.11 Å². The summed E-state index contributed by atoms with van der Waals surface area (Å²) in [5.41, 5.74) is -0.133. The second-order valence-corrected chi connectivity index (χ2v) is 5.02. The number of carboxylic acids is 1. The van der Waals surface area contributed by atoms with Gasteiger partial charge in [-0.15, -0.1) is 0 Å². The first kappa shape index (κ1) is 14.9. The summed E-state index contributed by atoms with van der Waals surface area (Å²) in [5.74, 6) is -0.860. The van der Waals surface area contributed by atoms with Gasteiger partial charge in [-0.1, -0.05) is 13.8 Å². The van der Waals surface area contributed by atoms with Gasteiger partial charge in [-0.2, -0.15) is 0 Å². The molecule has 0 atom stereocenters. The maximum absolute atomic E-state index is 11.9. The van der Waals surface area contributed by atoms with Gasteiger partial charge in [-0.3, -0.25) is 9.59 Å². The molecule has 0 unspecified atom stereocenters. The van der Waals surface area contributed by atoms with Gasteiger partial charge in [-0.05, 0) is 17.5 Å². The topological polar surface area (TPSA) is 88.5 Å². The number of carboxylic acid groups (broad SMARTS) is 1. The van der Waals surface area contributed by atoms with Gasteiger partial charge in [0.05, 0.1) is 13.5 Å². The van der Waals surface area contributed by atoms with E-state index in [0.717, 1.165) is 0 Å². The minimum Gasteiger partial charge on any atom is -0.481 e. The van der Waals surface area contributed by atoms with Gasteiger partial charge in [0.15, 0.2) is 0 Å². The van der Waals surface area contributed by atoms with Gasteiger partial charge in [0.2, 0.25) is 11.8 Å². The lowest BCUT2D eigenvalue weighted by atomic mass is 9.85. The SMILES string of the molecule is COc1ncccc1NC(=O)CC(C)(C)CC(=O)O. The predicted molar refractivity (Wildman–Crippen MR) is 70.1 cm³/mol. The number of hydrogen-bond donors (Lipinski definition) is 2. The van der Waals surface area contributed by atoms with Gasteiger partial charge in [0.1, 0.15) is 5.69 Å². The summed E-state index contributed by atoms with van der Waals surface area (Å²) in [6, 6.07) is 3.36. The first-order valence-corrected chi connectivity index (χ1v) is 5.85. The maximum atomic E-state index is 11.9. The van der Waals surface area contributed by atoms with Crippen LogP contribution in [0.5, 0.6) is 5.88 Å². The Morgan fingerprint density at radius 3 is 2.68 bits per heavy atom. The fourth-order valence-electron chi connectivity index (χ4n) is 1.75. The molecule has 0 aliphatic rings.